The Morgan fingerprint density at radius 2 is 1.10 bits per heavy atom. The van der Waals surface area contributed by atoms with Gasteiger partial charge in [0, 0.05) is 5.41 Å². The topological polar surface area (TPSA) is 66.0 Å². The lowest BCUT2D eigenvalue weighted by Gasteiger charge is -2.68. The minimum absolute atomic E-state index is 0.0353. The number of rotatable bonds is 6. The van der Waals surface area contributed by atoms with Gasteiger partial charge >= 0.3 is 0 Å². The predicted molar refractivity (Wildman–Crippen MR) is 156 cm³/mol. The fourth-order valence-electron chi connectivity index (χ4n) is 9.53. The Hall–Kier alpha value is -4.54. The van der Waals surface area contributed by atoms with Gasteiger partial charge in [0.2, 0.25) is 0 Å². The Morgan fingerprint density at radius 1 is 0.585 bits per heavy atom. The van der Waals surface area contributed by atoms with E-state index in [1.165, 1.54) is 43.2 Å². The van der Waals surface area contributed by atoms with Gasteiger partial charge in [-0.05, 0) is 121 Å². The van der Waals surface area contributed by atoms with E-state index in [0.717, 1.165) is 29.3 Å². The second kappa shape index (κ2) is 8.98. The van der Waals surface area contributed by atoms with E-state index in [0.29, 0.717) is 34.0 Å². The molecule has 0 radical (unpaired) electrons. The van der Waals surface area contributed by atoms with E-state index in [-0.39, 0.29) is 5.41 Å². The van der Waals surface area contributed by atoms with Crippen LogP contribution in [0.4, 0.5) is 0 Å². The zero-order valence-electron chi connectivity index (χ0n) is 22.8. The lowest BCUT2D eigenvalue weighted by Crippen LogP contribution is -2.63. The van der Waals surface area contributed by atoms with Crippen molar-refractivity contribution in [3.05, 3.63) is 119 Å². The first kappa shape index (κ1) is 24.3. The van der Waals surface area contributed by atoms with Gasteiger partial charge in [0.15, 0.2) is 0 Å². The first-order valence-electron chi connectivity index (χ1n) is 14.7. The van der Waals surface area contributed by atoms with Crippen molar-refractivity contribution in [1.82, 2.24) is 0 Å². The summed E-state index contributed by atoms with van der Waals surface area (Å²) in [6, 6.07) is 36.5. The molecule has 4 aromatic rings. The molecule has 4 saturated carbocycles. The fourth-order valence-corrected chi connectivity index (χ4v) is 9.53. The Balaban J connectivity index is 1.15. The van der Waals surface area contributed by atoms with Crippen LogP contribution in [0, 0.1) is 51.7 Å². The maximum atomic E-state index is 9.48. The molecule has 200 valence electrons. The molecule has 1 spiro atoms. The van der Waals surface area contributed by atoms with Gasteiger partial charge in [-0.2, -0.15) is 10.5 Å². The van der Waals surface area contributed by atoms with Crippen molar-refractivity contribution in [2.45, 2.75) is 37.5 Å². The smallest absolute Gasteiger partial charge is 0.145 e. The van der Waals surface area contributed by atoms with Gasteiger partial charge in [-0.25, -0.2) is 0 Å². The van der Waals surface area contributed by atoms with E-state index in [2.05, 4.69) is 60.7 Å². The van der Waals surface area contributed by atoms with Crippen molar-refractivity contribution in [2.75, 3.05) is 0 Å². The van der Waals surface area contributed by atoms with Crippen molar-refractivity contribution in [3.8, 4) is 35.1 Å². The fraction of sp³-hybridized carbons (Fsp3) is 0.297. The van der Waals surface area contributed by atoms with E-state index in [4.69, 9.17) is 9.47 Å². The Labute approximate surface area is 240 Å². The van der Waals surface area contributed by atoms with E-state index >= 15 is 0 Å². The molecule has 0 bridgehead atoms. The Kier molecular flexibility index (Phi) is 5.32. The highest BCUT2D eigenvalue weighted by Gasteiger charge is 2.79. The average Bonchev–Trinajstić information content (AvgIpc) is 3.50. The molecule has 0 N–H and O–H groups in total. The van der Waals surface area contributed by atoms with Gasteiger partial charge < -0.3 is 9.47 Å². The third kappa shape index (κ3) is 3.31. The first-order valence-corrected chi connectivity index (χ1v) is 14.7. The van der Waals surface area contributed by atoms with Crippen LogP contribution in [0.25, 0.3) is 0 Å². The van der Waals surface area contributed by atoms with Gasteiger partial charge in [0.25, 0.3) is 0 Å². The van der Waals surface area contributed by atoms with Crippen LogP contribution in [0.1, 0.15) is 54.4 Å². The first-order chi connectivity index (χ1) is 20.2. The molecule has 0 aromatic heterocycles. The minimum atomic E-state index is -0.0353. The van der Waals surface area contributed by atoms with Crippen molar-refractivity contribution in [2.24, 2.45) is 29.1 Å². The van der Waals surface area contributed by atoms with Gasteiger partial charge in [-0.1, -0.05) is 48.5 Å². The van der Waals surface area contributed by atoms with E-state index in [1.54, 1.807) is 12.1 Å². The lowest BCUT2D eigenvalue weighted by atomic mass is 9.36. The molecule has 41 heavy (non-hydrogen) atoms. The third-order valence-corrected chi connectivity index (χ3v) is 11.1. The molecule has 4 nitrogen and oxygen atoms in total. The van der Waals surface area contributed by atoms with E-state index in [9.17, 15) is 10.5 Å². The standard InChI is InChI=1S/C37H30N2O2/c38-22-24-5-1-3-7-33(24)40-31-15-11-26(12-16-31)36(21-29-10-9-28-19-30-20-35(36)37(28,29)30)27-13-17-32(18-14-27)41-34-8-4-2-6-25(34)23-39/h1-8,11-18,28-30,35H,9-10,19-21H2. The second-order valence-corrected chi connectivity index (χ2v) is 12.3. The van der Waals surface area contributed by atoms with Crippen LogP contribution in [0.15, 0.2) is 97.1 Å². The van der Waals surface area contributed by atoms with E-state index < -0.39 is 0 Å². The monoisotopic (exact) mass is 534 g/mol. The summed E-state index contributed by atoms with van der Waals surface area (Å²) in [4.78, 5) is 0. The van der Waals surface area contributed by atoms with Gasteiger partial charge in [-0.3, -0.25) is 0 Å². The molecule has 8 rings (SSSR count). The molecule has 0 saturated heterocycles. The highest BCUT2D eigenvalue weighted by molar-refractivity contribution is 5.52. The molecule has 5 unspecified atom stereocenters. The van der Waals surface area contributed by atoms with Crippen LogP contribution in [0.2, 0.25) is 0 Å². The van der Waals surface area contributed by atoms with Crippen LogP contribution < -0.4 is 9.47 Å². The largest absolute Gasteiger partial charge is 0.456 e. The molecule has 4 aliphatic rings. The highest BCUT2D eigenvalue weighted by Crippen LogP contribution is 2.85. The van der Waals surface area contributed by atoms with Gasteiger partial charge in [0.05, 0.1) is 11.1 Å². The molecule has 4 aromatic carbocycles. The summed E-state index contributed by atoms with van der Waals surface area (Å²) >= 11 is 0. The van der Waals surface area contributed by atoms with Crippen molar-refractivity contribution in [3.63, 3.8) is 0 Å². The Morgan fingerprint density at radius 3 is 1.59 bits per heavy atom. The molecule has 4 heteroatoms. The zero-order valence-corrected chi connectivity index (χ0v) is 22.8. The number of nitriles is 2. The molecular formula is C37H30N2O2. The lowest BCUT2D eigenvalue weighted by molar-refractivity contribution is -0.189. The quantitative estimate of drug-likeness (QED) is 0.248. The summed E-state index contributed by atoms with van der Waals surface area (Å²) in [6.07, 6.45) is 6.70. The molecule has 0 aliphatic heterocycles. The maximum Gasteiger partial charge on any atom is 0.145 e. The number of hydrogen-bond acceptors (Lipinski definition) is 4. The minimum Gasteiger partial charge on any atom is -0.456 e. The number of benzene rings is 4. The molecule has 0 amide bonds. The second-order valence-electron chi connectivity index (χ2n) is 12.3. The molecule has 5 atom stereocenters. The summed E-state index contributed by atoms with van der Waals surface area (Å²) < 4.78 is 12.3. The summed E-state index contributed by atoms with van der Waals surface area (Å²) in [6.45, 7) is 0. The molecule has 0 heterocycles. The van der Waals surface area contributed by atoms with Crippen LogP contribution >= 0.6 is 0 Å². The predicted octanol–water partition coefficient (Wildman–Crippen LogP) is 8.76. The van der Waals surface area contributed by atoms with Crippen LogP contribution in [-0.4, -0.2) is 0 Å². The molecule has 4 aliphatic carbocycles. The van der Waals surface area contributed by atoms with E-state index in [1.807, 2.05) is 36.4 Å². The summed E-state index contributed by atoms with van der Waals surface area (Å²) in [5.74, 6) is 5.91. The maximum absolute atomic E-state index is 9.48. The van der Waals surface area contributed by atoms with Crippen LogP contribution in [0.5, 0.6) is 23.0 Å². The third-order valence-electron chi connectivity index (χ3n) is 11.1. The van der Waals surface area contributed by atoms with Gasteiger partial charge in [-0.15, -0.1) is 0 Å². The summed E-state index contributed by atoms with van der Waals surface area (Å²) in [5.41, 5.74) is 4.28. The zero-order chi connectivity index (χ0) is 27.6. The van der Waals surface area contributed by atoms with Crippen molar-refractivity contribution in [1.29, 1.82) is 10.5 Å². The number of nitrogens with zero attached hydrogens (tertiary/aromatic N) is 2. The van der Waals surface area contributed by atoms with Crippen molar-refractivity contribution >= 4 is 0 Å². The van der Waals surface area contributed by atoms with Gasteiger partial charge in [0.1, 0.15) is 35.1 Å². The summed E-state index contributed by atoms with van der Waals surface area (Å²) in [5, 5.41) is 19.0. The van der Waals surface area contributed by atoms with Crippen LogP contribution in [-0.2, 0) is 5.41 Å². The molecule has 4 fully saturated rings. The normalized spacial score (nSPS) is 27.8. The average molecular weight is 535 g/mol. The number of para-hydroxylation sites is 2. The van der Waals surface area contributed by atoms with Crippen molar-refractivity contribution < 1.29 is 9.47 Å². The summed E-state index contributed by atoms with van der Waals surface area (Å²) in [7, 11) is 0. The number of hydrogen-bond donors (Lipinski definition) is 0. The highest BCUT2D eigenvalue weighted by atomic mass is 16.5. The van der Waals surface area contributed by atoms with Crippen LogP contribution in [0.3, 0.4) is 0 Å². The molecular weight excluding hydrogens is 504 g/mol. The SMILES string of the molecule is N#Cc1ccccc1Oc1ccc(C2(c3ccc(Oc4ccccc4C#N)cc3)CC3CCC4CC5CC2C453)cc1. The Bertz CT molecular complexity index is 1620. The number of ether oxygens (including phenoxy) is 2.